The van der Waals surface area contributed by atoms with Gasteiger partial charge in [0.2, 0.25) is 9.84 Å². The molecule has 4 heteroatoms. The van der Waals surface area contributed by atoms with Crippen molar-refractivity contribution in [3.8, 4) is 0 Å². The first-order valence-corrected chi connectivity index (χ1v) is 9.63. The highest BCUT2D eigenvalue weighted by atomic mass is 32.2. The van der Waals surface area contributed by atoms with Crippen molar-refractivity contribution < 1.29 is 8.42 Å². The zero-order valence-corrected chi connectivity index (χ0v) is 13.9. The molecule has 0 fully saturated rings. The van der Waals surface area contributed by atoms with Gasteiger partial charge in [0.05, 0.1) is 9.52 Å². The first-order valence-electron chi connectivity index (χ1n) is 7.25. The molecule has 0 saturated heterocycles. The van der Waals surface area contributed by atoms with Crippen LogP contribution in [0.15, 0.2) is 88.4 Å². The summed E-state index contributed by atoms with van der Waals surface area (Å²) < 4.78 is 26.0. The average molecular weight is 336 g/mol. The predicted octanol–water partition coefficient (Wildman–Crippen LogP) is 5.41. The van der Waals surface area contributed by atoms with E-state index in [2.05, 4.69) is 12.1 Å². The van der Waals surface area contributed by atoms with E-state index >= 15 is 0 Å². The first kappa shape index (κ1) is 14.4. The van der Waals surface area contributed by atoms with Crippen molar-refractivity contribution in [2.24, 2.45) is 0 Å². The Bertz CT molecular complexity index is 1120. The van der Waals surface area contributed by atoms with Crippen LogP contribution in [-0.4, -0.2) is 8.42 Å². The highest BCUT2D eigenvalue weighted by molar-refractivity contribution is 7.94. The fourth-order valence-electron chi connectivity index (χ4n) is 2.74. The van der Waals surface area contributed by atoms with E-state index in [1.54, 1.807) is 30.3 Å². The van der Waals surface area contributed by atoms with Crippen LogP contribution >= 0.6 is 8.19 Å². The van der Waals surface area contributed by atoms with Crippen LogP contribution in [0.2, 0.25) is 0 Å². The lowest BCUT2D eigenvalue weighted by Crippen LogP contribution is -1.99. The molecule has 3 aromatic carbocycles. The van der Waals surface area contributed by atoms with Gasteiger partial charge in [0.25, 0.3) is 0 Å². The molecule has 0 amide bonds. The molecule has 4 rings (SSSR count). The molecule has 0 aliphatic heterocycles. The third kappa shape index (κ3) is 2.42. The minimum Gasteiger partial charge on any atom is -0.218 e. The first-order chi connectivity index (χ1) is 11.2. The van der Waals surface area contributed by atoms with Crippen LogP contribution in [0.25, 0.3) is 21.3 Å². The Balaban J connectivity index is 1.95. The number of benzene rings is 3. The van der Waals surface area contributed by atoms with Crippen LogP contribution in [0, 0.1) is 0 Å². The summed E-state index contributed by atoms with van der Waals surface area (Å²) in [6.07, 6.45) is 0. The summed E-state index contributed by atoms with van der Waals surface area (Å²) in [4.78, 5) is 0.344. The van der Waals surface area contributed by atoms with Gasteiger partial charge in [0.15, 0.2) is 0 Å². The van der Waals surface area contributed by atoms with Crippen molar-refractivity contribution in [3.63, 3.8) is 0 Å². The summed E-state index contributed by atoms with van der Waals surface area (Å²) in [5.41, 5.74) is 0. The lowest BCUT2D eigenvalue weighted by atomic mass is 10.1. The van der Waals surface area contributed by atoms with Crippen LogP contribution in [0.4, 0.5) is 0 Å². The van der Waals surface area contributed by atoms with Gasteiger partial charge in [0.1, 0.15) is 0 Å². The largest absolute Gasteiger partial charge is 0.218 e. The number of hydrogen-bond acceptors (Lipinski definition) is 2. The smallest absolute Gasteiger partial charge is 0.210 e. The molecule has 0 radical (unpaired) electrons. The van der Waals surface area contributed by atoms with Crippen molar-refractivity contribution in [1.29, 1.82) is 0 Å². The molecule has 0 bridgehead atoms. The number of sulfone groups is 1. The van der Waals surface area contributed by atoms with Gasteiger partial charge in [-0.1, -0.05) is 54.6 Å². The summed E-state index contributed by atoms with van der Waals surface area (Å²) in [7, 11) is -2.71. The van der Waals surface area contributed by atoms with Crippen LogP contribution in [0.5, 0.6) is 0 Å². The maximum atomic E-state index is 12.8. The van der Waals surface area contributed by atoms with Crippen molar-refractivity contribution >= 4 is 39.3 Å². The Morgan fingerprint density at radius 1 is 0.652 bits per heavy atom. The van der Waals surface area contributed by atoms with Gasteiger partial charge in [-0.3, -0.25) is 0 Å². The molecule has 1 aromatic heterocycles. The molecule has 23 heavy (non-hydrogen) atoms. The summed E-state index contributed by atoms with van der Waals surface area (Å²) in [5.74, 6) is 0. The molecule has 112 valence electrons. The van der Waals surface area contributed by atoms with E-state index < -0.39 is 9.84 Å². The molecule has 2 nitrogen and oxygen atoms in total. The van der Waals surface area contributed by atoms with Gasteiger partial charge in [0, 0.05) is 5.12 Å². The third-order valence-corrected chi connectivity index (χ3v) is 7.47. The van der Waals surface area contributed by atoms with Crippen molar-refractivity contribution in [2.45, 2.75) is 9.52 Å². The Morgan fingerprint density at radius 2 is 1.39 bits per heavy atom. The minimum absolute atomic E-state index is 0.344. The van der Waals surface area contributed by atoms with Crippen molar-refractivity contribution in [2.75, 3.05) is 0 Å². The third-order valence-electron chi connectivity index (χ3n) is 3.90. The van der Waals surface area contributed by atoms with Gasteiger partial charge in [-0.05, 0) is 48.6 Å². The van der Waals surface area contributed by atoms with E-state index in [1.165, 1.54) is 5.39 Å². The normalized spacial score (nSPS) is 12.2. The van der Waals surface area contributed by atoms with Gasteiger partial charge >= 0.3 is 0 Å². The molecule has 0 N–H and O–H groups in total. The van der Waals surface area contributed by atoms with E-state index in [0.29, 0.717) is 9.52 Å². The molecule has 4 aromatic rings. The second-order valence-electron chi connectivity index (χ2n) is 5.32. The van der Waals surface area contributed by atoms with Crippen molar-refractivity contribution in [3.05, 3.63) is 78.9 Å². The van der Waals surface area contributed by atoms with E-state index in [4.69, 9.17) is 0 Å². The SMILES string of the molecule is O=S(=O)(c1ccccc1)c1ccc2c(ccc3ccccc32)p1. The van der Waals surface area contributed by atoms with Gasteiger partial charge in [-0.25, -0.2) is 8.42 Å². The topological polar surface area (TPSA) is 34.1 Å². The second kappa shape index (κ2) is 5.45. The standard InChI is InChI=1S/C19H13O2PS/c20-23(21,15-7-2-1-3-8-15)19-13-11-17-16-9-5-4-6-14(16)10-12-18(17)22-19/h1-13H. The summed E-state index contributed by atoms with van der Waals surface area (Å²) in [6.45, 7) is 0. The van der Waals surface area contributed by atoms with Gasteiger partial charge < -0.3 is 0 Å². The second-order valence-corrected chi connectivity index (χ2v) is 8.73. The molecule has 0 atom stereocenters. The van der Waals surface area contributed by atoms with E-state index in [-0.39, 0.29) is 0 Å². The molecule has 1 heterocycles. The lowest BCUT2D eigenvalue weighted by Gasteiger charge is -2.07. The maximum Gasteiger partial charge on any atom is 0.210 e. The van der Waals surface area contributed by atoms with Crippen LogP contribution in [-0.2, 0) is 9.84 Å². The zero-order valence-electron chi connectivity index (χ0n) is 12.2. The molecule has 0 saturated carbocycles. The Kier molecular flexibility index (Phi) is 3.41. The molecule has 0 aliphatic carbocycles. The maximum absolute atomic E-state index is 12.8. The van der Waals surface area contributed by atoms with Crippen LogP contribution in [0.3, 0.4) is 0 Å². The van der Waals surface area contributed by atoms with E-state index in [0.717, 1.165) is 24.1 Å². The quantitative estimate of drug-likeness (QED) is 0.459. The molecule has 0 spiro atoms. The fourth-order valence-corrected chi connectivity index (χ4v) is 5.68. The van der Waals surface area contributed by atoms with Crippen LogP contribution in [0.1, 0.15) is 0 Å². The molecular weight excluding hydrogens is 323 g/mol. The minimum atomic E-state index is -3.44. The molecule has 0 unspecified atom stereocenters. The van der Waals surface area contributed by atoms with Crippen LogP contribution < -0.4 is 0 Å². The van der Waals surface area contributed by atoms with E-state index in [1.807, 2.05) is 36.4 Å². The molecule has 0 aliphatic rings. The lowest BCUT2D eigenvalue weighted by molar-refractivity contribution is 0.598. The highest BCUT2D eigenvalue weighted by Crippen LogP contribution is 2.36. The van der Waals surface area contributed by atoms with E-state index in [9.17, 15) is 8.42 Å². The highest BCUT2D eigenvalue weighted by Gasteiger charge is 2.18. The monoisotopic (exact) mass is 336 g/mol. The number of fused-ring (bicyclic) bond motifs is 3. The molecular formula is C19H13O2PS. The van der Waals surface area contributed by atoms with Gasteiger partial charge in [-0.2, -0.15) is 0 Å². The summed E-state index contributed by atoms with van der Waals surface area (Å²) in [5, 5.41) is 4.46. The number of hydrogen-bond donors (Lipinski definition) is 0. The average Bonchev–Trinajstić information content (AvgIpc) is 2.62. The number of rotatable bonds is 2. The Morgan fingerprint density at radius 3 is 2.22 bits per heavy atom. The Labute approximate surface area is 136 Å². The Hall–Kier alpha value is -2.22. The predicted molar refractivity (Wildman–Crippen MR) is 95.9 cm³/mol. The van der Waals surface area contributed by atoms with Gasteiger partial charge in [-0.15, -0.1) is 0 Å². The zero-order chi connectivity index (χ0) is 15.9. The summed E-state index contributed by atoms with van der Waals surface area (Å²) >= 11 is 0. The van der Waals surface area contributed by atoms with Crippen molar-refractivity contribution in [1.82, 2.24) is 0 Å². The summed E-state index contributed by atoms with van der Waals surface area (Å²) in [6, 6.07) is 24.5. The fraction of sp³-hybridized carbons (Fsp3) is 0.